The Bertz CT molecular complexity index is 1050. The zero-order chi connectivity index (χ0) is 18.1. The SMILES string of the molecule is c1ccc(Nc2nc(N3CCCC3)nc3c2cnn3-c2ccccc2)cc1. The van der Waals surface area contributed by atoms with E-state index in [1.54, 1.807) is 0 Å². The Morgan fingerprint density at radius 1 is 0.815 bits per heavy atom. The van der Waals surface area contributed by atoms with Crippen LogP contribution in [0.1, 0.15) is 12.8 Å². The van der Waals surface area contributed by atoms with Crippen LogP contribution in [0, 0.1) is 0 Å². The molecule has 0 unspecified atom stereocenters. The smallest absolute Gasteiger partial charge is 0.229 e. The summed E-state index contributed by atoms with van der Waals surface area (Å²) in [5, 5.41) is 8.94. The normalized spacial score (nSPS) is 14.0. The molecule has 6 nitrogen and oxygen atoms in total. The van der Waals surface area contributed by atoms with Gasteiger partial charge in [0.15, 0.2) is 5.65 Å². The number of aromatic nitrogens is 4. The number of benzene rings is 2. The van der Waals surface area contributed by atoms with Crippen LogP contribution in [0.15, 0.2) is 66.9 Å². The quantitative estimate of drug-likeness (QED) is 0.595. The Hall–Kier alpha value is -3.41. The van der Waals surface area contributed by atoms with Crippen molar-refractivity contribution in [1.29, 1.82) is 0 Å². The van der Waals surface area contributed by atoms with Gasteiger partial charge in [0.2, 0.25) is 5.95 Å². The summed E-state index contributed by atoms with van der Waals surface area (Å²) >= 11 is 0. The second-order valence-corrected chi connectivity index (χ2v) is 6.69. The molecule has 0 radical (unpaired) electrons. The average Bonchev–Trinajstić information content (AvgIpc) is 3.39. The summed E-state index contributed by atoms with van der Waals surface area (Å²) in [6, 6.07) is 20.2. The van der Waals surface area contributed by atoms with E-state index in [0.29, 0.717) is 0 Å². The van der Waals surface area contributed by atoms with Gasteiger partial charge in [-0.25, -0.2) is 4.68 Å². The van der Waals surface area contributed by atoms with Crippen molar-refractivity contribution in [3.63, 3.8) is 0 Å². The molecule has 2 aromatic carbocycles. The van der Waals surface area contributed by atoms with E-state index in [-0.39, 0.29) is 0 Å². The number of para-hydroxylation sites is 2. The van der Waals surface area contributed by atoms with Gasteiger partial charge in [0.25, 0.3) is 0 Å². The standard InChI is InChI=1S/C21H20N6/c1-3-9-16(10-4-1)23-19-18-15-22-27(17-11-5-2-6-12-17)20(18)25-21(24-19)26-13-7-8-14-26/h1-6,9-12,15H,7-8,13-14H2,(H,23,24,25). The molecule has 4 aromatic rings. The minimum absolute atomic E-state index is 0.760. The highest BCUT2D eigenvalue weighted by Gasteiger charge is 2.20. The van der Waals surface area contributed by atoms with Gasteiger partial charge >= 0.3 is 0 Å². The second kappa shape index (κ2) is 6.72. The van der Waals surface area contributed by atoms with Gasteiger partial charge in [-0.15, -0.1) is 0 Å². The van der Waals surface area contributed by atoms with E-state index in [4.69, 9.17) is 9.97 Å². The first-order valence-electron chi connectivity index (χ1n) is 9.27. The average molecular weight is 356 g/mol. The number of hydrogen-bond donors (Lipinski definition) is 1. The summed E-state index contributed by atoms with van der Waals surface area (Å²) in [5.74, 6) is 1.55. The fourth-order valence-electron chi connectivity index (χ4n) is 3.47. The molecular formula is C21H20N6. The lowest BCUT2D eigenvalue weighted by Crippen LogP contribution is -2.21. The van der Waals surface area contributed by atoms with Crippen LogP contribution in [0.2, 0.25) is 0 Å². The third kappa shape index (κ3) is 2.99. The Morgan fingerprint density at radius 3 is 2.26 bits per heavy atom. The van der Waals surface area contributed by atoms with Crippen molar-refractivity contribution in [3.8, 4) is 5.69 Å². The van der Waals surface area contributed by atoms with E-state index < -0.39 is 0 Å². The molecule has 5 rings (SSSR count). The minimum Gasteiger partial charge on any atom is -0.341 e. The fourth-order valence-corrected chi connectivity index (χ4v) is 3.47. The van der Waals surface area contributed by atoms with Gasteiger partial charge in [-0.05, 0) is 37.1 Å². The lowest BCUT2D eigenvalue weighted by molar-refractivity contribution is 0.873. The van der Waals surface area contributed by atoms with E-state index >= 15 is 0 Å². The Labute approximate surface area is 157 Å². The summed E-state index contributed by atoms with van der Waals surface area (Å²) in [4.78, 5) is 12.0. The molecule has 3 heterocycles. The molecule has 27 heavy (non-hydrogen) atoms. The zero-order valence-corrected chi connectivity index (χ0v) is 14.9. The van der Waals surface area contributed by atoms with Crippen LogP contribution in [-0.2, 0) is 0 Å². The van der Waals surface area contributed by atoms with Crippen LogP contribution in [-0.4, -0.2) is 32.8 Å². The third-order valence-electron chi connectivity index (χ3n) is 4.84. The van der Waals surface area contributed by atoms with Crippen LogP contribution < -0.4 is 10.2 Å². The third-order valence-corrected chi connectivity index (χ3v) is 4.84. The van der Waals surface area contributed by atoms with Crippen LogP contribution in [0.4, 0.5) is 17.5 Å². The van der Waals surface area contributed by atoms with Gasteiger partial charge in [0.05, 0.1) is 17.3 Å². The summed E-state index contributed by atoms with van der Waals surface area (Å²) in [6.45, 7) is 1.99. The number of anilines is 3. The summed E-state index contributed by atoms with van der Waals surface area (Å²) in [7, 11) is 0. The van der Waals surface area contributed by atoms with E-state index in [0.717, 1.165) is 47.3 Å². The molecule has 1 aliphatic rings. The van der Waals surface area contributed by atoms with Crippen molar-refractivity contribution < 1.29 is 0 Å². The fraction of sp³-hybridized carbons (Fsp3) is 0.190. The number of nitrogens with one attached hydrogen (secondary N) is 1. The Kier molecular flexibility index (Phi) is 3.93. The lowest BCUT2D eigenvalue weighted by Gasteiger charge is -2.17. The summed E-state index contributed by atoms with van der Waals surface area (Å²) in [5.41, 5.74) is 2.80. The molecule has 2 aromatic heterocycles. The first kappa shape index (κ1) is 15.8. The molecule has 0 aliphatic carbocycles. The maximum Gasteiger partial charge on any atom is 0.229 e. The predicted molar refractivity (Wildman–Crippen MR) is 108 cm³/mol. The molecule has 1 aliphatic heterocycles. The maximum atomic E-state index is 4.87. The second-order valence-electron chi connectivity index (χ2n) is 6.69. The van der Waals surface area contributed by atoms with Crippen LogP contribution in [0.3, 0.4) is 0 Å². The first-order valence-corrected chi connectivity index (χ1v) is 9.27. The van der Waals surface area contributed by atoms with Gasteiger partial charge in [-0.1, -0.05) is 36.4 Å². The number of nitrogens with zero attached hydrogens (tertiary/aromatic N) is 5. The lowest BCUT2D eigenvalue weighted by atomic mass is 10.3. The Balaban J connectivity index is 1.67. The summed E-state index contributed by atoms with van der Waals surface area (Å²) in [6.07, 6.45) is 4.20. The highest BCUT2D eigenvalue weighted by molar-refractivity contribution is 5.90. The van der Waals surface area contributed by atoms with Crippen LogP contribution >= 0.6 is 0 Å². The predicted octanol–water partition coefficient (Wildman–Crippen LogP) is 4.16. The molecule has 1 saturated heterocycles. The molecule has 0 spiro atoms. The van der Waals surface area contributed by atoms with Gasteiger partial charge < -0.3 is 10.2 Å². The molecule has 0 amide bonds. The Morgan fingerprint density at radius 2 is 1.52 bits per heavy atom. The van der Waals surface area contributed by atoms with Gasteiger partial charge in [0, 0.05) is 18.8 Å². The monoisotopic (exact) mass is 356 g/mol. The molecular weight excluding hydrogens is 336 g/mol. The molecule has 1 N–H and O–H groups in total. The van der Waals surface area contributed by atoms with Crippen LogP contribution in [0.25, 0.3) is 16.7 Å². The van der Waals surface area contributed by atoms with Crippen LogP contribution in [0.5, 0.6) is 0 Å². The maximum absolute atomic E-state index is 4.87. The van der Waals surface area contributed by atoms with E-state index in [1.165, 1.54) is 12.8 Å². The van der Waals surface area contributed by atoms with Crippen molar-refractivity contribution in [3.05, 3.63) is 66.9 Å². The van der Waals surface area contributed by atoms with Crippen molar-refractivity contribution in [2.75, 3.05) is 23.3 Å². The van der Waals surface area contributed by atoms with E-state index in [1.807, 2.05) is 71.5 Å². The zero-order valence-electron chi connectivity index (χ0n) is 14.9. The van der Waals surface area contributed by atoms with Gasteiger partial charge in [0.1, 0.15) is 5.82 Å². The van der Waals surface area contributed by atoms with Gasteiger partial charge in [-0.3, -0.25) is 0 Å². The molecule has 0 atom stereocenters. The summed E-state index contributed by atoms with van der Waals surface area (Å²) < 4.78 is 1.88. The van der Waals surface area contributed by atoms with Crippen molar-refractivity contribution >= 4 is 28.5 Å². The highest BCUT2D eigenvalue weighted by Crippen LogP contribution is 2.28. The topological polar surface area (TPSA) is 58.9 Å². The van der Waals surface area contributed by atoms with E-state index in [9.17, 15) is 0 Å². The molecule has 1 fully saturated rings. The number of hydrogen-bond acceptors (Lipinski definition) is 5. The molecule has 6 heteroatoms. The van der Waals surface area contributed by atoms with Gasteiger partial charge in [-0.2, -0.15) is 15.1 Å². The minimum atomic E-state index is 0.760. The molecule has 0 saturated carbocycles. The van der Waals surface area contributed by atoms with E-state index in [2.05, 4.69) is 15.3 Å². The number of rotatable bonds is 4. The van der Waals surface area contributed by atoms with Crippen molar-refractivity contribution in [2.24, 2.45) is 0 Å². The largest absolute Gasteiger partial charge is 0.341 e. The number of fused-ring (bicyclic) bond motifs is 1. The highest BCUT2D eigenvalue weighted by atomic mass is 15.3. The molecule has 0 bridgehead atoms. The van der Waals surface area contributed by atoms with Crippen molar-refractivity contribution in [1.82, 2.24) is 19.7 Å². The molecule has 134 valence electrons. The first-order chi connectivity index (χ1) is 13.4. The van der Waals surface area contributed by atoms with Crippen molar-refractivity contribution in [2.45, 2.75) is 12.8 Å².